The van der Waals surface area contributed by atoms with E-state index in [0.29, 0.717) is 59.7 Å². The first-order valence-corrected chi connectivity index (χ1v) is 25.1. The van der Waals surface area contributed by atoms with E-state index in [2.05, 4.69) is 30.5 Å². The second kappa shape index (κ2) is 20.6. The molecule has 348 valence electrons. The molecule has 65 heavy (non-hydrogen) atoms. The summed E-state index contributed by atoms with van der Waals surface area (Å²) < 4.78 is 102. The minimum absolute atomic E-state index is 0.0548. The number of carbonyl (C=O) groups excluding carboxylic acids is 2. The Kier molecular flexibility index (Phi) is 15.9. The minimum Gasteiger partial charge on any atom is -0.356 e. The summed E-state index contributed by atoms with van der Waals surface area (Å²) in [5.74, 6) is -0.981. The molecule has 19 nitrogen and oxygen atoms in total. The number of azide groups is 1. The maximum atomic E-state index is 12.6. The van der Waals surface area contributed by atoms with Crippen molar-refractivity contribution in [3.63, 3.8) is 0 Å². The van der Waals surface area contributed by atoms with E-state index in [1.54, 1.807) is 36.4 Å². The maximum absolute atomic E-state index is 12.6. The average molecular weight is 954 g/mol. The van der Waals surface area contributed by atoms with Gasteiger partial charge in [-0.3, -0.25) is 28.2 Å². The van der Waals surface area contributed by atoms with E-state index in [9.17, 15) is 48.5 Å². The van der Waals surface area contributed by atoms with Crippen molar-refractivity contribution in [3.8, 4) is 0 Å². The first-order chi connectivity index (χ1) is 30.4. The Bertz CT molecular complexity index is 2830. The number of fused-ring (bicyclic) bond motifs is 2. The molecule has 0 radical (unpaired) electrons. The molecule has 0 aliphatic carbocycles. The molecule has 2 amide bonds. The van der Waals surface area contributed by atoms with E-state index in [1.807, 2.05) is 50.5 Å². The number of anilines is 2. The summed E-state index contributed by atoms with van der Waals surface area (Å²) in [6.45, 7) is 8.58. The summed E-state index contributed by atoms with van der Waals surface area (Å²) >= 11 is 0. The third-order valence-electron chi connectivity index (χ3n) is 11.2. The molecule has 0 atom stereocenters. The van der Waals surface area contributed by atoms with Gasteiger partial charge in [-0.15, -0.1) is 0 Å². The smallest absolute Gasteiger partial charge is 0.294 e. The number of hydrogen-bond donors (Lipinski definition) is 5. The molecule has 0 bridgehead atoms. The number of nitrogens with one attached hydrogen (secondary N) is 2. The summed E-state index contributed by atoms with van der Waals surface area (Å²) in [5.41, 5.74) is 12.2. The number of allylic oxidation sites excluding steroid dienone is 6. The van der Waals surface area contributed by atoms with Crippen LogP contribution in [-0.4, -0.2) is 91.4 Å². The summed E-state index contributed by atoms with van der Waals surface area (Å²) in [7, 11) is -13.2. The van der Waals surface area contributed by atoms with Gasteiger partial charge in [-0.25, -0.2) is 0 Å². The first kappa shape index (κ1) is 50.3. The van der Waals surface area contributed by atoms with Crippen molar-refractivity contribution in [2.24, 2.45) is 5.11 Å². The largest absolute Gasteiger partial charge is 0.356 e. The lowest BCUT2D eigenvalue weighted by Gasteiger charge is -2.27. The Balaban J connectivity index is 1.25. The number of amides is 2. The van der Waals surface area contributed by atoms with Crippen molar-refractivity contribution in [2.45, 2.75) is 93.4 Å². The zero-order chi connectivity index (χ0) is 47.8. The fourth-order valence-electron chi connectivity index (χ4n) is 7.93. The van der Waals surface area contributed by atoms with Crippen LogP contribution in [0.2, 0.25) is 0 Å². The number of unbranched alkanes of at least 4 members (excludes halogenated alkanes) is 2. The Labute approximate surface area is 378 Å². The molecule has 2 aliphatic rings. The Morgan fingerprint density at radius 1 is 0.831 bits per heavy atom. The number of nitrogens with zero attached hydrogens (tertiary/aromatic N) is 6. The van der Waals surface area contributed by atoms with E-state index in [0.717, 1.165) is 11.4 Å². The first-order valence-electron chi connectivity index (χ1n) is 20.6. The second-order valence-electron chi connectivity index (χ2n) is 16.6. The van der Waals surface area contributed by atoms with Gasteiger partial charge < -0.3 is 15.5 Å². The summed E-state index contributed by atoms with van der Waals surface area (Å²) in [4.78, 5) is 33.3. The molecule has 0 unspecified atom stereocenters. The van der Waals surface area contributed by atoms with Crippen LogP contribution in [0, 0.1) is 0 Å². The van der Waals surface area contributed by atoms with Crippen LogP contribution in [0.3, 0.4) is 0 Å². The highest BCUT2D eigenvalue weighted by Crippen LogP contribution is 2.48. The van der Waals surface area contributed by atoms with Crippen LogP contribution in [0.4, 0.5) is 17.1 Å². The molecule has 3 aromatic rings. The van der Waals surface area contributed by atoms with Crippen LogP contribution in [0.5, 0.6) is 0 Å². The van der Waals surface area contributed by atoms with Crippen LogP contribution in [0.1, 0.15) is 83.0 Å². The standard InChI is InChI=1S/C43H52N8O11S3/c1-42(2)34-26-32(64(57,58)59)17-19-36(34)50(23-10-6-9-14-40(52)45-22-21-41(53)48-31-16-15-30(46-28-31)29-47-49-44)38(42)12-7-5-8-13-39-43(3,4)35-27-33(65(60,61)62)18-20-37(35)51(39)24-11-25-63(54,55)56/h5,7-8,12-13,15-20,26-28H,6,9-11,14,21-25,29H2,1-4H3,(H4-,45,48,52,53,54,55,56,57,58,59,60,61,62)/p+1. The van der Waals surface area contributed by atoms with Crippen molar-refractivity contribution in [1.82, 2.24) is 10.3 Å². The van der Waals surface area contributed by atoms with Crippen molar-refractivity contribution in [3.05, 3.63) is 118 Å². The zero-order valence-corrected chi connectivity index (χ0v) is 38.8. The Hall–Kier alpha value is -5.74. The highest BCUT2D eigenvalue weighted by Gasteiger charge is 2.45. The molecule has 22 heteroatoms. The van der Waals surface area contributed by atoms with Crippen LogP contribution in [0.25, 0.3) is 10.4 Å². The Morgan fingerprint density at radius 3 is 2.17 bits per heavy atom. The van der Waals surface area contributed by atoms with Crippen molar-refractivity contribution < 1.29 is 53.1 Å². The number of benzene rings is 2. The molecule has 0 saturated heterocycles. The van der Waals surface area contributed by atoms with Gasteiger partial charge >= 0.3 is 0 Å². The molecular formula is C43H53N8O11S3+. The predicted molar refractivity (Wildman–Crippen MR) is 245 cm³/mol. The zero-order valence-electron chi connectivity index (χ0n) is 36.4. The fourth-order valence-corrected chi connectivity index (χ4v) is 9.44. The van der Waals surface area contributed by atoms with Crippen molar-refractivity contribution in [1.29, 1.82) is 0 Å². The monoisotopic (exact) mass is 953 g/mol. The van der Waals surface area contributed by atoms with Gasteiger partial charge in [0.05, 0.1) is 39.4 Å². The lowest BCUT2D eigenvalue weighted by atomic mass is 9.81. The van der Waals surface area contributed by atoms with E-state index >= 15 is 0 Å². The van der Waals surface area contributed by atoms with Crippen LogP contribution >= 0.6 is 0 Å². The highest BCUT2D eigenvalue weighted by molar-refractivity contribution is 7.86. The molecule has 3 heterocycles. The lowest BCUT2D eigenvalue weighted by molar-refractivity contribution is -0.437. The molecular weight excluding hydrogens is 901 g/mol. The molecule has 0 fully saturated rings. The predicted octanol–water partition coefficient (Wildman–Crippen LogP) is 6.54. The quantitative estimate of drug-likeness (QED) is 0.0144. The van der Waals surface area contributed by atoms with Gasteiger partial charge in [-0.05, 0) is 86.3 Å². The van der Waals surface area contributed by atoms with Gasteiger partial charge in [-0.2, -0.15) is 29.8 Å². The molecule has 0 spiro atoms. The number of rotatable bonds is 21. The SMILES string of the molecule is CC1(C)C(=CC=CC=CC2=[N+](CCCS(=O)(=O)O)c3ccc(S(=O)(=O)O)cc3C2(C)C)N(CCCCCC(=O)NCCC(=O)Nc2ccc(CN=[N+]=[N-])nc2)c2ccc(S(=O)(=O)O)cc21. The molecule has 1 aromatic heterocycles. The third-order valence-corrected chi connectivity index (χ3v) is 13.7. The van der Waals surface area contributed by atoms with Gasteiger partial charge in [-0.1, -0.05) is 43.6 Å². The molecule has 5 N–H and O–H groups in total. The third kappa shape index (κ3) is 13.0. The van der Waals surface area contributed by atoms with Crippen LogP contribution in [-0.2, 0) is 57.3 Å². The van der Waals surface area contributed by atoms with E-state index in [4.69, 9.17) is 5.53 Å². The summed E-state index contributed by atoms with van der Waals surface area (Å²) in [6.07, 6.45) is 12.9. The van der Waals surface area contributed by atoms with E-state index in [-0.39, 0.29) is 60.5 Å². The Morgan fingerprint density at radius 2 is 1.52 bits per heavy atom. The van der Waals surface area contributed by atoms with E-state index in [1.165, 1.54) is 30.5 Å². The second-order valence-corrected chi connectivity index (χ2v) is 21.0. The molecule has 0 saturated carbocycles. The molecule has 2 aromatic carbocycles. The summed E-state index contributed by atoms with van der Waals surface area (Å²) in [5, 5.41) is 8.91. The van der Waals surface area contributed by atoms with Gasteiger partial charge in [0.1, 0.15) is 6.54 Å². The van der Waals surface area contributed by atoms with Crippen LogP contribution in [0.15, 0.2) is 106 Å². The normalized spacial score (nSPS) is 16.2. The highest BCUT2D eigenvalue weighted by atomic mass is 32.2. The van der Waals surface area contributed by atoms with Gasteiger partial charge in [0.2, 0.25) is 17.5 Å². The van der Waals surface area contributed by atoms with Crippen molar-refractivity contribution in [2.75, 3.05) is 35.6 Å². The maximum Gasteiger partial charge on any atom is 0.294 e. The van der Waals surface area contributed by atoms with Crippen molar-refractivity contribution >= 4 is 64.9 Å². The molecule has 5 rings (SSSR count). The number of carbonyl (C=O) groups is 2. The topological polar surface area (TPSA) is 289 Å². The summed E-state index contributed by atoms with van der Waals surface area (Å²) in [6, 6.07) is 12.0. The fraction of sp³-hybridized carbons (Fsp3) is 0.395. The van der Waals surface area contributed by atoms with Gasteiger partial charge in [0, 0.05) is 77.5 Å². The van der Waals surface area contributed by atoms with E-state index < -0.39 is 46.9 Å². The minimum atomic E-state index is -4.51. The van der Waals surface area contributed by atoms with Gasteiger partial charge in [0.25, 0.3) is 30.4 Å². The number of pyridine rings is 1. The van der Waals surface area contributed by atoms with Crippen LogP contribution < -0.4 is 15.5 Å². The van der Waals surface area contributed by atoms with Gasteiger partial charge in [0.15, 0.2) is 5.71 Å². The number of aromatic nitrogens is 1. The molecule has 2 aliphatic heterocycles. The lowest BCUT2D eigenvalue weighted by Crippen LogP contribution is -2.28. The number of hydrogen-bond acceptors (Lipinski definition) is 11. The average Bonchev–Trinajstić information content (AvgIpc) is 3.56.